The van der Waals surface area contributed by atoms with Crippen LogP contribution in [0.4, 0.5) is 0 Å². The summed E-state index contributed by atoms with van der Waals surface area (Å²) in [4.78, 5) is 0. The number of hydrogen-bond acceptors (Lipinski definition) is 2. The van der Waals surface area contributed by atoms with E-state index in [1.54, 1.807) is 6.92 Å². The maximum Gasteiger partial charge on any atom is 0.119 e. The van der Waals surface area contributed by atoms with E-state index in [4.69, 9.17) is 9.84 Å². The van der Waals surface area contributed by atoms with Gasteiger partial charge in [0.1, 0.15) is 12.4 Å². The van der Waals surface area contributed by atoms with Crippen molar-refractivity contribution in [2.24, 2.45) is 0 Å². The first-order valence-electron chi connectivity index (χ1n) is 4.18. The van der Waals surface area contributed by atoms with Gasteiger partial charge in [0.05, 0.1) is 6.10 Å². The first kappa shape index (κ1) is 10.5. The summed E-state index contributed by atoms with van der Waals surface area (Å²) in [6.45, 7) is 2.04. The second-order valence-corrected chi connectivity index (χ2v) is 3.50. The Hall–Kier alpha value is -0.540. The van der Waals surface area contributed by atoms with E-state index in [-0.39, 0.29) is 0 Å². The molecule has 1 rings (SSSR count). The van der Waals surface area contributed by atoms with Crippen LogP contribution in [0.1, 0.15) is 12.5 Å². The molecular formula is C10H13BrO2. The molecule has 0 aromatic heterocycles. The molecule has 0 fully saturated rings. The number of halogens is 1. The molecule has 0 bridgehead atoms. The van der Waals surface area contributed by atoms with Crippen molar-refractivity contribution in [1.82, 2.24) is 0 Å². The molecule has 1 N–H and O–H groups in total. The van der Waals surface area contributed by atoms with Gasteiger partial charge in [0.2, 0.25) is 0 Å². The highest BCUT2D eigenvalue weighted by atomic mass is 79.9. The van der Waals surface area contributed by atoms with E-state index in [2.05, 4.69) is 15.9 Å². The molecule has 1 unspecified atom stereocenters. The zero-order chi connectivity index (χ0) is 9.68. The normalized spacial score (nSPS) is 12.5. The molecule has 0 aliphatic rings. The van der Waals surface area contributed by atoms with Gasteiger partial charge in [0, 0.05) is 5.33 Å². The SMILES string of the molecule is CC(O)COc1ccc(CBr)cc1. The Balaban J connectivity index is 2.49. The van der Waals surface area contributed by atoms with Gasteiger partial charge in [-0.25, -0.2) is 0 Å². The standard InChI is InChI=1S/C10H13BrO2/c1-8(12)7-13-10-4-2-9(6-11)3-5-10/h2-5,8,12H,6-7H2,1H3. The van der Waals surface area contributed by atoms with E-state index >= 15 is 0 Å². The molecular weight excluding hydrogens is 232 g/mol. The van der Waals surface area contributed by atoms with E-state index in [0.29, 0.717) is 6.61 Å². The maximum absolute atomic E-state index is 8.98. The minimum Gasteiger partial charge on any atom is -0.491 e. The minimum atomic E-state index is -0.421. The average molecular weight is 245 g/mol. The lowest BCUT2D eigenvalue weighted by Crippen LogP contribution is -2.12. The van der Waals surface area contributed by atoms with Crippen LogP contribution < -0.4 is 4.74 Å². The summed E-state index contributed by atoms with van der Waals surface area (Å²) in [7, 11) is 0. The van der Waals surface area contributed by atoms with Crippen molar-refractivity contribution in [1.29, 1.82) is 0 Å². The number of hydrogen-bond donors (Lipinski definition) is 1. The summed E-state index contributed by atoms with van der Waals surface area (Å²) in [6, 6.07) is 7.79. The lowest BCUT2D eigenvalue weighted by Gasteiger charge is -2.07. The third kappa shape index (κ3) is 3.79. The Labute approximate surface area is 86.7 Å². The lowest BCUT2D eigenvalue weighted by molar-refractivity contribution is 0.122. The van der Waals surface area contributed by atoms with E-state index in [1.165, 1.54) is 5.56 Å². The van der Waals surface area contributed by atoms with Crippen molar-refractivity contribution < 1.29 is 9.84 Å². The zero-order valence-electron chi connectivity index (χ0n) is 7.53. The van der Waals surface area contributed by atoms with Gasteiger partial charge < -0.3 is 9.84 Å². The van der Waals surface area contributed by atoms with Gasteiger partial charge in [-0.3, -0.25) is 0 Å². The summed E-state index contributed by atoms with van der Waals surface area (Å²) >= 11 is 3.36. The van der Waals surface area contributed by atoms with Crippen molar-refractivity contribution in [3.8, 4) is 5.75 Å². The van der Waals surface area contributed by atoms with Crippen molar-refractivity contribution in [2.45, 2.75) is 18.4 Å². The largest absolute Gasteiger partial charge is 0.491 e. The first-order valence-corrected chi connectivity index (χ1v) is 5.30. The van der Waals surface area contributed by atoms with Crippen LogP contribution in [-0.4, -0.2) is 17.8 Å². The Bertz CT molecular complexity index is 244. The van der Waals surface area contributed by atoms with Crippen LogP contribution in [0.5, 0.6) is 5.75 Å². The summed E-state index contributed by atoms with van der Waals surface area (Å²) in [5, 5.41) is 9.83. The second kappa shape index (κ2) is 5.25. The molecule has 0 heterocycles. The molecule has 1 atom stereocenters. The van der Waals surface area contributed by atoms with Gasteiger partial charge in [-0.15, -0.1) is 0 Å². The quantitative estimate of drug-likeness (QED) is 0.825. The van der Waals surface area contributed by atoms with Gasteiger partial charge in [-0.1, -0.05) is 28.1 Å². The van der Waals surface area contributed by atoms with Crippen LogP contribution in [0, 0.1) is 0 Å². The van der Waals surface area contributed by atoms with Crippen LogP contribution in [0.15, 0.2) is 24.3 Å². The summed E-state index contributed by atoms with van der Waals surface area (Å²) in [5.74, 6) is 0.797. The monoisotopic (exact) mass is 244 g/mol. The van der Waals surface area contributed by atoms with Crippen molar-refractivity contribution >= 4 is 15.9 Å². The Morgan fingerprint density at radius 1 is 1.38 bits per heavy atom. The molecule has 0 saturated carbocycles. The van der Waals surface area contributed by atoms with E-state index in [1.807, 2.05) is 24.3 Å². The second-order valence-electron chi connectivity index (χ2n) is 2.94. The van der Waals surface area contributed by atoms with Crippen molar-refractivity contribution in [2.75, 3.05) is 6.61 Å². The zero-order valence-corrected chi connectivity index (χ0v) is 9.12. The van der Waals surface area contributed by atoms with Crippen LogP contribution in [-0.2, 0) is 5.33 Å². The molecule has 0 aliphatic carbocycles. The molecule has 0 amide bonds. The van der Waals surface area contributed by atoms with Crippen molar-refractivity contribution in [3.63, 3.8) is 0 Å². The molecule has 0 aliphatic heterocycles. The third-order valence-corrected chi connectivity index (χ3v) is 2.22. The van der Waals surface area contributed by atoms with E-state index in [0.717, 1.165) is 11.1 Å². The molecule has 72 valence electrons. The number of aliphatic hydroxyl groups is 1. The van der Waals surface area contributed by atoms with Crippen LogP contribution >= 0.6 is 15.9 Å². The van der Waals surface area contributed by atoms with Gasteiger partial charge in [-0.05, 0) is 24.6 Å². The molecule has 0 spiro atoms. The summed E-state index contributed by atoms with van der Waals surface area (Å²) < 4.78 is 5.30. The lowest BCUT2D eigenvalue weighted by atomic mass is 10.2. The summed E-state index contributed by atoms with van der Waals surface area (Å²) in [5.41, 5.74) is 1.21. The van der Waals surface area contributed by atoms with E-state index < -0.39 is 6.10 Å². The fraction of sp³-hybridized carbons (Fsp3) is 0.400. The predicted octanol–water partition coefficient (Wildman–Crippen LogP) is 2.34. The number of rotatable bonds is 4. The number of ether oxygens (including phenoxy) is 1. The molecule has 0 radical (unpaired) electrons. The molecule has 3 heteroatoms. The predicted molar refractivity (Wildman–Crippen MR) is 56.2 cm³/mol. The van der Waals surface area contributed by atoms with Crippen LogP contribution in [0.3, 0.4) is 0 Å². The molecule has 13 heavy (non-hydrogen) atoms. The van der Waals surface area contributed by atoms with Crippen LogP contribution in [0.2, 0.25) is 0 Å². The van der Waals surface area contributed by atoms with Gasteiger partial charge >= 0.3 is 0 Å². The highest BCUT2D eigenvalue weighted by Gasteiger charge is 1.97. The van der Waals surface area contributed by atoms with Crippen LogP contribution in [0.25, 0.3) is 0 Å². The Morgan fingerprint density at radius 3 is 2.46 bits per heavy atom. The molecule has 2 nitrogen and oxygen atoms in total. The van der Waals surface area contributed by atoms with E-state index in [9.17, 15) is 0 Å². The van der Waals surface area contributed by atoms with Gasteiger partial charge in [0.15, 0.2) is 0 Å². The number of aliphatic hydroxyl groups excluding tert-OH is 1. The molecule has 1 aromatic carbocycles. The molecule has 0 saturated heterocycles. The Kier molecular flexibility index (Phi) is 4.25. The highest BCUT2D eigenvalue weighted by Crippen LogP contribution is 2.14. The average Bonchev–Trinajstić information content (AvgIpc) is 2.15. The molecule has 1 aromatic rings. The van der Waals surface area contributed by atoms with Crippen molar-refractivity contribution in [3.05, 3.63) is 29.8 Å². The van der Waals surface area contributed by atoms with Gasteiger partial charge in [-0.2, -0.15) is 0 Å². The first-order chi connectivity index (χ1) is 6.22. The third-order valence-electron chi connectivity index (χ3n) is 1.57. The highest BCUT2D eigenvalue weighted by molar-refractivity contribution is 9.08. The maximum atomic E-state index is 8.98. The Morgan fingerprint density at radius 2 is 2.00 bits per heavy atom. The summed E-state index contributed by atoms with van der Waals surface area (Å²) in [6.07, 6.45) is -0.421. The number of alkyl halides is 1. The smallest absolute Gasteiger partial charge is 0.119 e. The van der Waals surface area contributed by atoms with Gasteiger partial charge in [0.25, 0.3) is 0 Å². The minimum absolute atomic E-state index is 0.341. The topological polar surface area (TPSA) is 29.5 Å². The fourth-order valence-corrected chi connectivity index (χ4v) is 1.27. The fourth-order valence-electron chi connectivity index (χ4n) is 0.892. The number of benzene rings is 1.